The summed E-state index contributed by atoms with van der Waals surface area (Å²) in [5, 5.41) is 0. The summed E-state index contributed by atoms with van der Waals surface area (Å²) in [4.78, 5) is 14.4. The Morgan fingerprint density at radius 3 is 2.29 bits per heavy atom. The zero-order valence-corrected chi connectivity index (χ0v) is 9.81. The summed E-state index contributed by atoms with van der Waals surface area (Å²) in [6.07, 6.45) is 5.18. The Balaban J connectivity index is 2.68. The number of Topliss-reactive ketones (excluding diaryl/α,β-unsaturated/α-hetero) is 1. The molecule has 1 rings (SSSR count). The van der Waals surface area contributed by atoms with Crippen LogP contribution in [0, 0.1) is 0 Å². The van der Waals surface area contributed by atoms with Crippen LogP contribution >= 0.6 is 0 Å². The number of carbonyl (C=O) groups is 1. The molecule has 1 saturated heterocycles. The topological polar surface area (TPSA) is 20.3 Å². The number of nitrogens with zero attached hydrogens (tertiary/aromatic N) is 1. The average molecular weight is 197 g/mol. The molecule has 0 amide bonds. The van der Waals surface area contributed by atoms with Crippen molar-refractivity contribution in [2.24, 2.45) is 0 Å². The van der Waals surface area contributed by atoms with Gasteiger partial charge in [-0.15, -0.1) is 0 Å². The number of likely N-dealkylation sites (tertiary alicyclic amines) is 1. The highest BCUT2D eigenvalue weighted by Crippen LogP contribution is 2.26. The Morgan fingerprint density at radius 1 is 1.29 bits per heavy atom. The van der Waals surface area contributed by atoms with Gasteiger partial charge in [-0.3, -0.25) is 9.69 Å². The Bertz CT molecular complexity index is 196. The second-order valence-corrected chi connectivity index (χ2v) is 4.49. The summed E-state index contributed by atoms with van der Waals surface area (Å²) in [6, 6.07) is 0. The summed E-state index contributed by atoms with van der Waals surface area (Å²) < 4.78 is 0. The molecular weight excluding hydrogens is 174 g/mol. The van der Waals surface area contributed by atoms with E-state index in [4.69, 9.17) is 0 Å². The first-order chi connectivity index (χ1) is 6.65. The molecule has 82 valence electrons. The summed E-state index contributed by atoms with van der Waals surface area (Å²) in [6.45, 7) is 8.56. The molecule has 0 aromatic rings. The van der Waals surface area contributed by atoms with Gasteiger partial charge in [0.2, 0.25) is 0 Å². The third-order valence-corrected chi connectivity index (χ3v) is 3.57. The smallest absolute Gasteiger partial charge is 0.152 e. The first-order valence-electron chi connectivity index (χ1n) is 5.93. The molecule has 14 heavy (non-hydrogen) atoms. The summed E-state index contributed by atoms with van der Waals surface area (Å²) >= 11 is 0. The minimum atomic E-state index is -0.174. The van der Waals surface area contributed by atoms with Gasteiger partial charge in [0.25, 0.3) is 0 Å². The second kappa shape index (κ2) is 4.92. The zero-order chi connectivity index (χ0) is 10.6. The number of carbonyl (C=O) groups excluding carboxylic acids is 1. The van der Waals surface area contributed by atoms with Crippen LogP contribution in [0.15, 0.2) is 0 Å². The third kappa shape index (κ3) is 2.17. The Labute approximate surface area is 87.7 Å². The average Bonchev–Trinajstić information content (AvgIpc) is 2.70. The summed E-state index contributed by atoms with van der Waals surface area (Å²) in [7, 11) is 0. The minimum Gasteiger partial charge on any atom is -0.298 e. The van der Waals surface area contributed by atoms with Crippen molar-refractivity contribution in [3.63, 3.8) is 0 Å². The lowest BCUT2D eigenvalue weighted by Gasteiger charge is -2.36. The predicted octanol–water partition coefficient (Wildman–Crippen LogP) is 2.62. The zero-order valence-electron chi connectivity index (χ0n) is 9.81. The first kappa shape index (κ1) is 11.7. The molecule has 1 unspecified atom stereocenters. The van der Waals surface area contributed by atoms with Crippen molar-refractivity contribution < 1.29 is 4.79 Å². The molecule has 1 aliphatic rings. The highest BCUT2D eigenvalue weighted by molar-refractivity contribution is 5.87. The molecule has 0 N–H and O–H groups in total. The van der Waals surface area contributed by atoms with E-state index in [9.17, 15) is 4.79 Å². The predicted molar refractivity (Wildman–Crippen MR) is 59.4 cm³/mol. The Hall–Kier alpha value is -0.370. The lowest BCUT2D eigenvalue weighted by molar-refractivity contribution is -0.130. The number of ketones is 1. The molecule has 0 aliphatic carbocycles. The molecule has 1 fully saturated rings. The van der Waals surface area contributed by atoms with E-state index in [-0.39, 0.29) is 5.54 Å². The molecule has 0 saturated carbocycles. The largest absolute Gasteiger partial charge is 0.298 e. The first-order valence-corrected chi connectivity index (χ1v) is 5.93. The van der Waals surface area contributed by atoms with Gasteiger partial charge < -0.3 is 0 Å². The van der Waals surface area contributed by atoms with E-state index in [1.807, 2.05) is 0 Å². The number of hydrogen-bond acceptors (Lipinski definition) is 2. The van der Waals surface area contributed by atoms with Crippen LogP contribution in [0.2, 0.25) is 0 Å². The van der Waals surface area contributed by atoms with Crippen LogP contribution in [-0.4, -0.2) is 29.3 Å². The van der Waals surface area contributed by atoms with Crippen molar-refractivity contribution in [1.29, 1.82) is 0 Å². The molecule has 0 spiro atoms. The monoisotopic (exact) mass is 197 g/mol. The lowest BCUT2D eigenvalue weighted by atomic mass is 9.89. The molecule has 1 atom stereocenters. The van der Waals surface area contributed by atoms with Crippen molar-refractivity contribution in [2.45, 2.75) is 58.4 Å². The van der Waals surface area contributed by atoms with E-state index in [2.05, 4.69) is 25.7 Å². The van der Waals surface area contributed by atoms with Crippen molar-refractivity contribution in [3.8, 4) is 0 Å². The van der Waals surface area contributed by atoms with Crippen LogP contribution in [-0.2, 0) is 4.79 Å². The van der Waals surface area contributed by atoms with Crippen molar-refractivity contribution in [3.05, 3.63) is 0 Å². The third-order valence-electron chi connectivity index (χ3n) is 3.57. The van der Waals surface area contributed by atoms with Gasteiger partial charge >= 0.3 is 0 Å². The van der Waals surface area contributed by atoms with E-state index in [0.29, 0.717) is 5.78 Å². The maximum atomic E-state index is 12.0. The molecule has 0 aromatic heterocycles. The van der Waals surface area contributed by atoms with Gasteiger partial charge in [-0.25, -0.2) is 0 Å². The van der Waals surface area contributed by atoms with Gasteiger partial charge in [-0.1, -0.05) is 13.8 Å². The Kier molecular flexibility index (Phi) is 4.11. The minimum absolute atomic E-state index is 0.174. The highest BCUT2D eigenvalue weighted by atomic mass is 16.1. The van der Waals surface area contributed by atoms with Gasteiger partial charge in [-0.2, -0.15) is 0 Å². The molecule has 1 aliphatic heterocycles. The number of hydrogen-bond donors (Lipinski definition) is 0. The SMILES string of the molecule is CCCC(=O)C(C)(CC)N1CCCC1. The molecule has 0 aromatic carbocycles. The quantitative estimate of drug-likeness (QED) is 0.675. The van der Waals surface area contributed by atoms with Crippen LogP contribution in [0.1, 0.15) is 52.9 Å². The fourth-order valence-corrected chi connectivity index (χ4v) is 2.30. The van der Waals surface area contributed by atoms with Gasteiger partial charge in [-0.05, 0) is 45.7 Å². The maximum Gasteiger partial charge on any atom is 0.152 e. The highest BCUT2D eigenvalue weighted by Gasteiger charge is 2.37. The standard InChI is InChI=1S/C12H23NO/c1-4-8-11(14)12(3,5-2)13-9-6-7-10-13/h4-10H2,1-3H3. The van der Waals surface area contributed by atoms with Gasteiger partial charge in [0.05, 0.1) is 5.54 Å². The molecule has 0 radical (unpaired) electrons. The fraction of sp³-hybridized carbons (Fsp3) is 0.917. The molecular formula is C12H23NO. The summed E-state index contributed by atoms with van der Waals surface area (Å²) in [5.74, 6) is 0.435. The van der Waals surface area contributed by atoms with Crippen molar-refractivity contribution in [2.75, 3.05) is 13.1 Å². The second-order valence-electron chi connectivity index (χ2n) is 4.49. The summed E-state index contributed by atoms with van der Waals surface area (Å²) in [5.41, 5.74) is -0.174. The Morgan fingerprint density at radius 2 is 1.86 bits per heavy atom. The van der Waals surface area contributed by atoms with E-state index < -0.39 is 0 Å². The van der Waals surface area contributed by atoms with E-state index in [0.717, 1.165) is 32.4 Å². The molecule has 2 nitrogen and oxygen atoms in total. The van der Waals surface area contributed by atoms with E-state index in [1.165, 1.54) is 12.8 Å². The molecule has 1 heterocycles. The van der Waals surface area contributed by atoms with Crippen molar-refractivity contribution >= 4 is 5.78 Å². The van der Waals surface area contributed by atoms with Gasteiger partial charge in [0, 0.05) is 6.42 Å². The normalized spacial score (nSPS) is 22.2. The van der Waals surface area contributed by atoms with E-state index in [1.54, 1.807) is 0 Å². The molecule has 2 heteroatoms. The van der Waals surface area contributed by atoms with Crippen molar-refractivity contribution in [1.82, 2.24) is 4.90 Å². The molecule has 0 bridgehead atoms. The maximum absolute atomic E-state index is 12.0. The van der Waals surface area contributed by atoms with Crippen LogP contribution in [0.5, 0.6) is 0 Å². The van der Waals surface area contributed by atoms with Crippen LogP contribution in [0.3, 0.4) is 0 Å². The van der Waals surface area contributed by atoms with Crippen LogP contribution in [0.25, 0.3) is 0 Å². The lowest BCUT2D eigenvalue weighted by Crippen LogP contribution is -2.50. The fourth-order valence-electron chi connectivity index (χ4n) is 2.30. The number of rotatable bonds is 5. The van der Waals surface area contributed by atoms with E-state index >= 15 is 0 Å². The van der Waals surface area contributed by atoms with Crippen LogP contribution in [0.4, 0.5) is 0 Å². The van der Waals surface area contributed by atoms with Crippen LogP contribution < -0.4 is 0 Å². The van der Waals surface area contributed by atoms with Gasteiger partial charge in [0.15, 0.2) is 5.78 Å². The van der Waals surface area contributed by atoms with Gasteiger partial charge in [0.1, 0.15) is 0 Å².